The van der Waals surface area contributed by atoms with Crippen LogP contribution in [-0.2, 0) is 13.1 Å². The van der Waals surface area contributed by atoms with Gasteiger partial charge in [-0.3, -0.25) is 0 Å². The fourth-order valence-electron chi connectivity index (χ4n) is 2.62. The zero-order valence-corrected chi connectivity index (χ0v) is 15.8. The number of para-hydroxylation sites is 1. The van der Waals surface area contributed by atoms with Gasteiger partial charge in [-0.15, -0.1) is 0 Å². The van der Waals surface area contributed by atoms with Gasteiger partial charge in [0.25, 0.3) is 0 Å². The van der Waals surface area contributed by atoms with E-state index in [1.165, 1.54) is 24.0 Å². The molecule has 25 heavy (non-hydrogen) atoms. The molecule has 2 rings (SSSR count). The molecular weight excluding hydrogens is 310 g/mol. The molecule has 2 aromatic carbocycles. The Hall–Kier alpha value is -2.00. The van der Waals surface area contributed by atoms with Gasteiger partial charge in [-0.25, -0.2) is 0 Å². The van der Waals surface area contributed by atoms with Crippen LogP contribution >= 0.6 is 0 Å². The molecule has 0 bridgehead atoms. The van der Waals surface area contributed by atoms with Crippen LogP contribution in [0.15, 0.2) is 48.5 Å². The van der Waals surface area contributed by atoms with Crippen molar-refractivity contribution in [1.29, 1.82) is 0 Å². The first-order valence-corrected chi connectivity index (χ1v) is 9.36. The zero-order chi connectivity index (χ0) is 17.9. The minimum atomic E-state index is 0.206. The maximum atomic E-state index is 5.94. The van der Waals surface area contributed by atoms with Crippen molar-refractivity contribution < 1.29 is 9.47 Å². The second-order valence-electron chi connectivity index (χ2n) is 6.58. The average molecular weight is 341 g/mol. The molecule has 0 amide bonds. The molecule has 0 aliphatic heterocycles. The highest BCUT2D eigenvalue weighted by molar-refractivity contribution is 5.33. The first-order chi connectivity index (χ1) is 12.2. The number of hydrogen-bond donors (Lipinski definition) is 1. The van der Waals surface area contributed by atoms with Crippen molar-refractivity contribution in [3.05, 3.63) is 59.7 Å². The summed E-state index contributed by atoms with van der Waals surface area (Å²) in [5.41, 5.74) is 2.45. The Labute approximate surface area is 152 Å². The van der Waals surface area contributed by atoms with E-state index in [2.05, 4.69) is 42.6 Å². The predicted octanol–water partition coefficient (Wildman–Crippen LogP) is 5.33. The van der Waals surface area contributed by atoms with E-state index in [4.69, 9.17) is 9.47 Å². The number of rotatable bonds is 11. The Bertz CT molecular complexity index is 608. The van der Waals surface area contributed by atoms with E-state index >= 15 is 0 Å². The maximum Gasteiger partial charge on any atom is 0.123 e. The van der Waals surface area contributed by atoms with Gasteiger partial charge in [-0.1, -0.05) is 50.1 Å². The molecule has 0 unspecified atom stereocenters. The number of nitrogens with one attached hydrogen (secondary N) is 1. The van der Waals surface area contributed by atoms with Gasteiger partial charge in [0.05, 0.1) is 12.7 Å². The summed E-state index contributed by atoms with van der Waals surface area (Å²) < 4.78 is 11.6. The van der Waals surface area contributed by atoms with Crippen molar-refractivity contribution in [2.75, 3.05) is 6.61 Å². The molecule has 1 N–H and O–H groups in total. The Kier molecular flexibility index (Phi) is 8.33. The van der Waals surface area contributed by atoms with E-state index in [9.17, 15) is 0 Å². The van der Waals surface area contributed by atoms with Gasteiger partial charge in [-0.05, 0) is 44.0 Å². The third-order valence-corrected chi connectivity index (χ3v) is 3.92. The van der Waals surface area contributed by atoms with Crippen LogP contribution < -0.4 is 14.8 Å². The topological polar surface area (TPSA) is 30.5 Å². The van der Waals surface area contributed by atoms with Crippen molar-refractivity contribution in [3.63, 3.8) is 0 Å². The number of unbranched alkanes of at least 4 members (excludes halogenated alkanes) is 2. The number of benzene rings is 2. The van der Waals surface area contributed by atoms with Crippen molar-refractivity contribution in [1.82, 2.24) is 5.32 Å². The first kappa shape index (κ1) is 19.3. The number of hydrogen-bond acceptors (Lipinski definition) is 3. The van der Waals surface area contributed by atoms with E-state index in [1.54, 1.807) is 0 Å². The molecule has 0 aliphatic rings. The van der Waals surface area contributed by atoms with E-state index in [-0.39, 0.29) is 6.10 Å². The first-order valence-electron chi connectivity index (χ1n) is 9.36. The van der Waals surface area contributed by atoms with Crippen LogP contribution in [0.2, 0.25) is 0 Å². The highest BCUT2D eigenvalue weighted by atomic mass is 16.5. The minimum Gasteiger partial charge on any atom is -0.493 e. The fraction of sp³-hybridized carbons (Fsp3) is 0.455. The monoisotopic (exact) mass is 341 g/mol. The zero-order valence-electron chi connectivity index (χ0n) is 15.8. The summed E-state index contributed by atoms with van der Waals surface area (Å²) in [6, 6.07) is 16.6. The van der Waals surface area contributed by atoms with Gasteiger partial charge in [0.1, 0.15) is 11.5 Å². The molecule has 0 aliphatic carbocycles. The fourth-order valence-corrected chi connectivity index (χ4v) is 2.62. The van der Waals surface area contributed by atoms with Gasteiger partial charge >= 0.3 is 0 Å². The molecule has 0 fully saturated rings. The van der Waals surface area contributed by atoms with Crippen LogP contribution in [-0.4, -0.2) is 12.7 Å². The molecule has 0 atom stereocenters. The molecule has 2 aromatic rings. The Balaban J connectivity index is 1.81. The van der Waals surface area contributed by atoms with Crippen LogP contribution in [0.5, 0.6) is 11.5 Å². The lowest BCUT2D eigenvalue weighted by Crippen LogP contribution is -2.14. The van der Waals surface area contributed by atoms with Gasteiger partial charge in [0.2, 0.25) is 0 Å². The van der Waals surface area contributed by atoms with Crippen molar-refractivity contribution in [2.24, 2.45) is 0 Å². The van der Waals surface area contributed by atoms with Crippen LogP contribution in [0.4, 0.5) is 0 Å². The van der Waals surface area contributed by atoms with Crippen LogP contribution in [0, 0.1) is 0 Å². The highest BCUT2D eigenvalue weighted by Gasteiger charge is 2.03. The van der Waals surface area contributed by atoms with Crippen LogP contribution in [0.1, 0.15) is 51.2 Å². The molecule has 3 nitrogen and oxygen atoms in total. The molecule has 0 saturated carbocycles. The smallest absolute Gasteiger partial charge is 0.123 e. The quantitative estimate of drug-likeness (QED) is 0.560. The van der Waals surface area contributed by atoms with Gasteiger partial charge < -0.3 is 14.8 Å². The highest BCUT2D eigenvalue weighted by Crippen LogP contribution is 2.19. The molecule has 0 aromatic heterocycles. The van der Waals surface area contributed by atoms with Crippen molar-refractivity contribution in [3.8, 4) is 11.5 Å². The molecule has 136 valence electrons. The third kappa shape index (κ3) is 7.18. The molecule has 0 saturated heterocycles. The summed E-state index contributed by atoms with van der Waals surface area (Å²) in [6.07, 6.45) is 3.76. The largest absolute Gasteiger partial charge is 0.493 e. The summed E-state index contributed by atoms with van der Waals surface area (Å²) in [4.78, 5) is 0. The lowest BCUT2D eigenvalue weighted by Gasteiger charge is -2.13. The standard InChI is InChI=1S/C22H31NO2/c1-4-5-8-15-24-22-10-7-6-9-20(22)17-23-16-19-11-13-21(14-12-19)25-18(2)3/h6-7,9-14,18,23H,4-5,8,15-17H2,1-3H3. The molecular formula is C22H31NO2. The summed E-state index contributed by atoms with van der Waals surface area (Å²) >= 11 is 0. The van der Waals surface area contributed by atoms with Gasteiger partial charge in [0.15, 0.2) is 0 Å². The molecule has 0 radical (unpaired) electrons. The molecule has 0 spiro atoms. The molecule has 3 heteroatoms. The lowest BCUT2D eigenvalue weighted by atomic mass is 10.1. The van der Waals surface area contributed by atoms with Crippen molar-refractivity contribution in [2.45, 2.75) is 59.2 Å². The average Bonchev–Trinajstić information content (AvgIpc) is 2.61. The van der Waals surface area contributed by atoms with Crippen LogP contribution in [0.25, 0.3) is 0 Å². The van der Waals surface area contributed by atoms with E-state index in [0.717, 1.165) is 37.6 Å². The summed E-state index contributed by atoms with van der Waals surface area (Å²) in [5, 5.41) is 3.50. The van der Waals surface area contributed by atoms with Gasteiger partial charge in [-0.2, -0.15) is 0 Å². The Morgan fingerprint density at radius 3 is 2.40 bits per heavy atom. The van der Waals surface area contributed by atoms with E-state index in [1.807, 2.05) is 32.0 Å². The maximum absolute atomic E-state index is 5.94. The Morgan fingerprint density at radius 2 is 1.68 bits per heavy atom. The van der Waals surface area contributed by atoms with Crippen LogP contribution in [0.3, 0.4) is 0 Å². The summed E-state index contributed by atoms with van der Waals surface area (Å²) in [6.45, 7) is 8.70. The predicted molar refractivity (Wildman–Crippen MR) is 104 cm³/mol. The van der Waals surface area contributed by atoms with E-state index in [0.29, 0.717) is 0 Å². The minimum absolute atomic E-state index is 0.206. The van der Waals surface area contributed by atoms with Gasteiger partial charge in [0, 0.05) is 18.7 Å². The summed E-state index contributed by atoms with van der Waals surface area (Å²) in [7, 11) is 0. The second kappa shape index (κ2) is 10.8. The molecule has 0 heterocycles. The third-order valence-electron chi connectivity index (χ3n) is 3.92. The lowest BCUT2D eigenvalue weighted by molar-refractivity contribution is 0.242. The Morgan fingerprint density at radius 1 is 0.920 bits per heavy atom. The van der Waals surface area contributed by atoms with E-state index < -0.39 is 0 Å². The SMILES string of the molecule is CCCCCOc1ccccc1CNCc1ccc(OC(C)C)cc1. The summed E-state index contributed by atoms with van der Waals surface area (Å²) in [5.74, 6) is 1.91. The number of ether oxygens (including phenoxy) is 2. The normalized spacial score (nSPS) is 10.9. The van der Waals surface area contributed by atoms with Crippen molar-refractivity contribution >= 4 is 0 Å². The second-order valence-corrected chi connectivity index (χ2v) is 6.58.